The van der Waals surface area contributed by atoms with E-state index in [0.29, 0.717) is 31.1 Å². The van der Waals surface area contributed by atoms with Crippen molar-refractivity contribution in [3.05, 3.63) is 64.9 Å². The van der Waals surface area contributed by atoms with Gasteiger partial charge in [0.05, 0.1) is 24.9 Å². The number of benzene rings is 1. The van der Waals surface area contributed by atoms with Crippen molar-refractivity contribution in [2.75, 3.05) is 19.7 Å². The Hall–Kier alpha value is -1.99. The number of nitrogens with zero attached hydrogens (tertiary/aromatic N) is 2. The summed E-state index contributed by atoms with van der Waals surface area (Å²) in [5.41, 5.74) is 8.29. The van der Waals surface area contributed by atoms with Crippen molar-refractivity contribution in [3.63, 3.8) is 0 Å². The summed E-state index contributed by atoms with van der Waals surface area (Å²) in [6.45, 7) is 1.69. The Morgan fingerprint density at radius 2 is 2.04 bits per heavy atom. The second-order valence-electron chi connectivity index (χ2n) is 6.58. The Balaban J connectivity index is 1.39. The number of ether oxygens (including phenoxy) is 1. The normalized spacial score (nSPS) is 26.0. The summed E-state index contributed by atoms with van der Waals surface area (Å²) in [6, 6.07) is 13.2. The molecule has 6 nitrogen and oxygen atoms in total. The third-order valence-electron chi connectivity index (χ3n) is 4.87. The first-order valence-electron chi connectivity index (χ1n) is 8.78. The van der Waals surface area contributed by atoms with E-state index in [1.165, 1.54) is 0 Å². The van der Waals surface area contributed by atoms with Gasteiger partial charge in [-0.3, -0.25) is 9.78 Å². The minimum atomic E-state index is -0.258. The van der Waals surface area contributed by atoms with Gasteiger partial charge in [-0.05, 0) is 36.2 Å². The molecule has 0 aliphatic carbocycles. The molecule has 3 atom stereocenters. The number of halogens is 1. The average molecular weight is 373 g/mol. The van der Waals surface area contributed by atoms with E-state index in [9.17, 15) is 4.79 Å². The van der Waals surface area contributed by atoms with Crippen LogP contribution >= 0.6 is 11.6 Å². The molecule has 3 unspecified atom stereocenters. The van der Waals surface area contributed by atoms with E-state index in [1.54, 1.807) is 6.20 Å². The van der Waals surface area contributed by atoms with Gasteiger partial charge in [0.15, 0.2) is 0 Å². The smallest absolute Gasteiger partial charge is 0.241 e. The van der Waals surface area contributed by atoms with E-state index in [1.807, 2.05) is 47.4 Å². The Kier molecular flexibility index (Phi) is 5.17. The van der Waals surface area contributed by atoms with Crippen molar-refractivity contribution in [2.24, 2.45) is 0 Å². The average Bonchev–Trinajstić information content (AvgIpc) is 3.19. The molecule has 0 saturated carbocycles. The summed E-state index contributed by atoms with van der Waals surface area (Å²) in [4.78, 5) is 19.2. The summed E-state index contributed by atoms with van der Waals surface area (Å²) in [7, 11) is 0. The minimum Gasteiger partial charge on any atom is -0.370 e. The fourth-order valence-electron chi connectivity index (χ4n) is 3.44. The van der Waals surface area contributed by atoms with Crippen LogP contribution in [0.5, 0.6) is 0 Å². The van der Waals surface area contributed by atoms with Gasteiger partial charge in [-0.1, -0.05) is 29.8 Å². The molecule has 26 heavy (non-hydrogen) atoms. The van der Waals surface area contributed by atoms with E-state index in [4.69, 9.17) is 16.3 Å². The van der Waals surface area contributed by atoms with Crippen molar-refractivity contribution in [2.45, 2.75) is 24.6 Å². The van der Waals surface area contributed by atoms with Crippen molar-refractivity contribution in [1.82, 2.24) is 20.7 Å². The predicted octanol–water partition coefficient (Wildman–Crippen LogP) is 2.24. The second-order valence-corrected chi connectivity index (χ2v) is 7.02. The Morgan fingerprint density at radius 3 is 2.81 bits per heavy atom. The molecule has 1 amide bonds. The zero-order valence-corrected chi connectivity index (χ0v) is 15.0. The van der Waals surface area contributed by atoms with Crippen LogP contribution in [0.1, 0.15) is 29.8 Å². The number of carbonyl (C=O) groups is 1. The first-order valence-corrected chi connectivity index (χ1v) is 9.16. The molecule has 7 heteroatoms. The van der Waals surface area contributed by atoms with Crippen LogP contribution in [0.4, 0.5) is 0 Å². The van der Waals surface area contributed by atoms with Crippen LogP contribution in [0.15, 0.2) is 48.7 Å². The number of nitrogens with one attached hydrogen (secondary N) is 2. The highest BCUT2D eigenvalue weighted by molar-refractivity contribution is 6.30. The lowest BCUT2D eigenvalue weighted by Crippen LogP contribution is -2.50. The lowest BCUT2D eigenvalue weighted by Gasteiger charge is -2.34. The van der Waals surface area contributed by atoms with Gasteiger partial charge in [-0.25, -0.2) is 10.9 Å². The highest BCUT2D eigenvalue weighted by atomic mass is 35.5. The summed E-state index contributed by atoms with van der Waals surface area (Å²) in [5, 5.41) is 0.694. The predicted molar refractivity (Wildman–Crippen MR) is 98.4 cm³/mol. The monoisotopic (exact) mass is 372 g/mol. The molecule has 3 heterocycles. The molecule has 2 aliphatic rings. The molecule has 1 aromatic heterocycles. The summed E-state index contributed by atoms with van der Waals surface area (Å²) in [6.07, 6.45) is 2.33. The Labute approximate surface area is 157 Å². The number of rotatable bonds is 3. The summed E-state index contributed by atoms with van der Waals surface area (Å²) in [5.74, 6) is 0.0956. The minimum absolute atomic E-state index is 0.0400. The number of carbonyl (C=O) groups excluding carboxylic acids is 1. The molecule has 0 radical (unpaired) electrons. The highest BCUT2D eigenvalue weighted by Crippen LogP contribution is 2.26. The number of amides is 1. The van der Waals surface area contributed by atoms with Crippen LogP contribution in [0.2, 0.25) is 5.02 Å². The van der Waals surface area contributed by atoms with Crippen molar-refractivity contribution < 1.29 is 9.53 Å². The van der Waals surface area contributed by atoms with Gasteiger partial charge in [0.2, 0.25) is 5.91 Å². The zero-order chi connectivity index (χ0) is 17.9. The van der Waals surface area contributed by atoms with Gasteiger partial charge in [0.1, 0.15) is 12.1 Å². The van der Waals surface area contributed by atoms with E-state index >= 15 is 0 Å². The van der Waals surface area contributed by atoms with Crippen molar-refractivity contribution >= 4 is 17.5 Å². The largest absolute Gasteiger partial charge is 0.370 e. The van der Waals surface area contributed by atoms with Crippen LogP contribution in [-0.2, 0) is 9.53 Å². The van der Waals surface area contributed by atoms with Crippen LogP contribution < -0.4 is 10.9 Å². The number of aromatic nitrogens is 1. The van der Waals surface area contributed by atoms with Gasteiger partial charge in [-0.2, -0.15) is 0 Å². The van der Waals surface area contributed by atoms with Gasteiger partial charge in [0, 0.05) is 17.8 Å². The van der Waals surface area contributed by atoms with E-state index in [0.717, 1.165) is 11.3 Å². The molecule has 136 valence electrons. The molecule has 0 spiro atoms. The maximum absolute atomic E-state index is 12.9. The standard InChI is InChI=1S/C19H21ClN4O2/c20-14-6-4-13(5-7-14)18-12-24(9-10-26-18)19(25)17-11-16(22-23-17)15-3-1-2-8-21-15/h1-8,16-18,22-23H,9-12H2. The first kappa shape index (κ1) is 17.4. The molecule has 2 aromatic rings. The quantitative estimate of drug-likeness (QED) is 0.865. The number of hydrogen-bond acceptors (Lipinski definition) is 5. The number of pyridine rings is 1. The molecule has 2 saturated heterocycles. The van der Waals surface area contributed by atoms with Crippen LogP contribution in [0, 0.1) is 0 Å². The van der Waals surface area contributed by atoms with Crippen molar-refractivity contribution in [3.8, 4) is 0 Å². The Bertz CT molecular complexity index is 756. The third-order valence-corrected chi connectivity index (χ3v) is 5.12. The van der Waals surface area contributed by atoms with Crippen molar-refractivity contribution in [1.29, 1.82) is 0 Å². The topological polar surface area (TPSA) is 66.5 Å². The highest BCUT2D eigenvalue weighted by Gasteiger charge is 2.35. The number of hydrazine groups is 1. The molecule has 0 bridgehead atoms. The fourth-order valence-corrected chi connectivity index (χ4v) is 3.57. The number of morpholine rings is 1. The van der Waals surface area contributed by atoms with E-state index < -0.39 is 0 Å². The van der Waals surface area contributed by atoms with Crippen LogP contribution in [-0.4, -0.2) is 41.5 Å². The molecule has 1 aromatic carbocycles. The zero-order valence-electron chi connectivity index (χ0n) is 14.3. The molecule has 2 fully saturated rings. The molecule has 2 N–H and O–H groups in total. The number of hydrogen-bond donors (Lipinski definition) is 2. The third kappa shape index (κ3) is 3.73. The Morgan fingerprint density at radius 1 is 1.19 bits per heavy atom. The first-order chi connectivity index (χ1) is 12.7. The molecular weight excluding hydrogens is 352 g/mol. The van der Waals surface area contributed by atoms with E-state index in [2.05, 4.69) is 15.8 Å². The lowest BCUT2D eigenvalue weighted by atomic mass is 10.0. The van der Waals surface area contributed by atoms with Crippen LogP contribution in [0.25, 0.3) is 0 Å². The fraction of sp³-hybridized carbons (Fsp3) is 0.368. The van der Waals surface area contributed by atoms with Gasteiger partial charge >= 0.3 is 0 Å². The van der Waals surface area contributed by atoms with Gasteiger partial charge in [0.25, 0.3) is 0 Å². The molecule has 4 rings (SSSR count). The van der Waals surface area contributed by atoms with Gasteiger partial charge < -0.3 is 9.64 Å². The maximum Gasteiger partial charge on any atom is 0.241 e. The SMILES string of the molecule is O=C(C1CC(c2ccccn2)NN1)N1CCOC(c2ccc(Cl)cc2)C1. The maximum atomic E-state index is 12.9. The van der Waals surface area contributed by atoms with Crippen LogP contribution in [0.3, 0.4) is 0 Å². The molecular formula is C19H21ClN4O2. The molecule has 2 aliphatic heterocycles. The van der Waals surface area contributed by atoms with Gasteiger partial charge in [-0.15, -0.1) is 0 Å². The van der Waals surface area contributed by atoms with E-state index in [-0.39, 0.29) is 24.1 Å². The second kappa shape index (κ2) is 7.72. The summed E-state index contributed by atoms with van der Waals surface area (Å²) < 4.78 is 5.85. The lowest BCUT2D eigenvalue weighted by molar-refractivity contribution is -0.141. The summed E-state index contributed by atoms with van der Waals surface area (Å²) >= 11 is 5.95.